The van der Waals surface area contributed by atoms with Crippen LogP contribution >= 0.6 is 11.3 Å². The molecular formula is C19H25N3OS. The molecule has 0 saturated carbocycles. The number of rotatable bonds is 5. The Morgan fingerprint density at radius 3 is 2.75 bits per heavy atom. The predicted octanol–water partition coefficient (Wildman–Crippen LogP) is 2.98. The Labute approximate surface area is 147 Å². The zero-order chi connectivity index (χ0) is 16.9. The number of hydrogen-bond acceptors (Lipinski definition) is 4. The minimum absolute atomic E-state index is 0.112. The van der Waals surface area contributed by atoms with Crippen molar-refractivity contribution in [3.8, 4) is 0 Å². The molecule has 1 aliphatic rings. The van der Waals surface area contributed by atoms with Crippen molar-refractivity contribution in [2.24, 2.45) is 0 Å². The van der Waals surface area contributed by atoms with E-state index in [1.54, 1.807) is 11.3 Å². The van der Waals surface area contributed by atoms with Gasteiger partial charge in [-0.05, 0) is 24.0 Å². The summed E-state index contributed by atoms with van der Waals surface area (Å²) in [5.74, 6) is 0.175. The topological polar surface area (TPSA) is 45.2 Å². The molecular weight excluding hydrogens is 318 g/mol. The molecule has 2 heterocycles. The normalized spacial score (nSPS) is 17.9. The first-order valence-electron chi connectivity index (χ1n) is 8.73. The molecule has 3 rings (SSSR count). The van der Waals surface area contributed by atoms with E-state index in [-0.39, 0.29) is 11.9 Å². The van der Waals surface area contributed by atoms with Gasteiger partial charge in [-0.3, -0.25) is 4.79 Å². The van der Waals surface area contributed by atoms with Crippen molar-refractivity contribution in [3.05, 3.63) is 51.5 Å². The second kappa shape index (κ2) is 7.90. The van der Waals surface area contributed by atoms with Gasteiger partial charge in [-0.2, -0.15) is 0 Å². The number of amides is 1. The molecule has 5 heteroatoms. The van der Waals surface area contributed by atoms with Gasteiger partial charge in [0.2, 0.25) is 5.91 Å². The van der Waals surface area contributed by atoms with Crippen LogP contribution in [-0.4, -0.2) is 35.4 Å². The molecule has 4 nitrogen and oxygen atoms in total. The third-order valence-electron chi connectivity index (χ3n) is 4.57. The molecule has 1 amide bonds. The Hall–Kier alpha value is -1.72. The van der Waals surface area contributed by atoms with Crippen molar-refractivity contribution >= 4 is 17.2 Å². The molecule has 24 heavy (non-hydrogen) atoms. The molecule has 128 valence electrons. The van der Waals surface area contributed by atoms with Crippen molar-refractivity contribution in [3.63, 3.8) is 0 Å². The van der Waals surface area contributed by atoms with Crippen molar-refractivity contribution in [1.82, 2.24) is 15.2 Å². The summed E-state index contributed by atoms with van der Waals surface area (Å²) in [7, 11) is 0. The third kappa shape index (κ3) is 3.84. The summed E-state index contributed by atoms with van der Waals surface area (Å²) in [5, 5.41) is 6.54. The van der Waals surface area contributed by atoms with Crippen molar-refractivity contribution < 1.29 is 4.79 Å². The lowest BCUT2D eigenvalue weighted by Crippen LogP contribution is -2.49. The van der Waals surface area contributed by atoms with Crippen LogP contribution in [0.3, 0.4) is 0 Å². The molecule has 1 aromatic carbocycles. The maximum absolute atomic E-state index is 12.8. The highest BCUT2D eigenvalue weighted by atomic mass is 32.1. The van der Waals surface area contributed by atoms with E-state index in [1.807, 2.05) is 10.3 Å². The molecule has 1 fully saturated rings. The summed E-state index contributed by atoms with van der Waals surface area (Å²) >= 11 is 1.65. The Balaban J connectivity index is 1.74. The van der Waals surface area contributed by atoms with E-state index in [4.69, 9.17) is 0 Å². The molecule has 1 unspecified atom stereocenters. The standard InChI is InChI=1S/C19H25N3OS/c1-3-14-5-7-15(8-6-14)17-12-20-9-10-22(17)19(23)11-16-13-24-18(4-2)21-16/h5-8,13,17,20H,3-4,9-12H2,1-2H3. The quantitative estimate of drug-likeness (QED) is 0.908. The Morgan fingerprint density at radius 1 is 1.29 bits per heavy atom. The number of thiazole rings is 1. The van der Waals surface area contributed by atoms with E-state index in [2.05, 4.69) is 48.4 Å². The first-order chi connectivity index (χ1) is 11.7. The molecule has 1 aromatic heterocycles. The van der Waals surface area contributed by atoms with Gasteiger partial charge in [-0.1, -0.05) is 38.1 Å². The molecule has 1 N–H and O–H groups in total. The first-order valence-corrected chi connectivity index (χ1v) is 9.61. The minimum atomic E-state index is 0.112. The number of aryl methyl sites for hydroxylation is 2. The van der Waals surface area contributed by atoms with Gasteiger partial charge in [0.1, 0.15) is 0 Å². The van der Waals surface area contributed by atoms with Gasteiger partial charge < -0.3 is 10.2 Å². The smallest absolute Gasteiger partial charge is 0.229 e. The third-order valence-corrected chi connectivity index (χ3v) is 5.61. The summed E-state index contributed by atoms with van der Waals surface area (Å²) in [6.45, 7) is 6.67. The van der Waals surface area contributed by atoms with Gasteiger partial charge in [0.05, 0.1) is 23.2 Å². The molecule has 0 aliphatic carbocycles. The second-order valence-electron chi connectivity index (χ2n) is 6.17. The second-order valence-corrected chi connectivity index (χ2v) is 7.11. The number of aromatic nitrogens is 1. The fourth-order valence-electron chi connectivity index (χ4n) is 3.13. The maximum atomic E-state index is 12.8. The van der Waals surface area contributed by atoms with Crippen LogP contribution in [0.4, 0.5) is 0 Å². The van der Waals surface area contributed by atoms with Crippen LogP contribution in [0.5, 0.6) is 0 Å². The fourth-order valence-corrected chi connectivity index (χ4v) is 3.87. The zero-order valence-electron chi connectivity index (χ0n) is 14.4. The predicted molar refractivity (Wildman–Crippen MR) is 98.3 cm³/mol. The van der Waals surface area contributed by atoms with Crippen LogP contribution in [0, 0.1) is 0 Å². The van der Waals surface area contributed by atoms with Gasteiger partial charge >= 0.3 is 0 Å². The molecule has 1 saturated heterocycles. The summed E-state index contributed by atoms with van der Waals surface area (Å²) in [6, 6.07) is 8.77. The molecule has 0 radical (unpaired) electrons. The molecule has 0 bridgehead atoms. The Kier molecular flexibility index (Phi) is 5.63. The number of nitrogens with zero attached hydrogens (tertiary/aromatic N) is 2. The lowest BCUT2D eigenvalue weighted by atomic mass is 10.0. The highest BCUT2D eigenvalue weighted by molar-refractivity contribution is 7.09. The molecule has 0 spiro atoms. The van der Waals surface area contributed by atoms with E-state index in [0.29, 0.717) is 6.42 Å². The number of benzene rings is 1. The van der Waals surface area contributed by atoms with Crippen molar-refractivity contribution in [2.45, 2.75) is 39.2 Å². The van der Waals surface area contributed by atoms with Gasteiger partial charge in [0.15, 0.2) is 0 Å². The van der Waals surface area contributed by atoms with Crippen molar-refractivity contribution in [2.75, 3.05) is 19.6 Å². The number of carbonyl (C=O) groups is 1. The van der Waals surface area contributed by atoms with E-state index >= 15 is 0 Å². The van der Waals surface area contributed by atoms with Gasteiger partial charge in [0, 0.05) is 25.0 Å². The Bertz CT molecular complexity index is 680. The van der Waals surface area contributed by atoms with Crippen LogP contribution in [0.15, 0.2) is 29.6 Å². The number of hydrogen-bond donors (Lipinski definition) is 1. The lowest BCUT2D eigenvalue weighted by molar-refractivity contribution is -0.133. The summed E-state index contributed by atoms with van der Waals surface area (Å²) in [5.41, 5.74) is 3.44. The number of carbonyl (C=O) groups excluding carboxylic acids is 1. The van der Waals surface area contributed by atoms with Crippen molar-refractivity contribution in [1.29, 1.82) is 0 Å². The number of nitrogens with one attached hydrogen (secondary N) is 1. The molecule has 1 atom stereocenters. The number of piperazine rings is 1. The van der Waals surface area contributed by atoms with E-state index in [1.165, 1.54) is 11.1 Å². The molecule has 1 aliphatic heterocycles. The van der Waals surface area contributed by atoms with Gasteiger partial charge in [-0.15, -0.1) is 11.3 Å². The average molecular weight is 343 g/mol. The van der Waals surface area contributed by atoms with E-state index in [9.17, 15) is 4.79 Å². The zero-order valence-corrected chi connectivity index (χ0v) is 15.2. The van der Waals surface area contributed by atoms with Crippen LogP contribution < -0.4 is 5.32 Å². The Morgan fingerprint density at radius 2 is 2.08 bits per heavy atom. The fraction of sp³-hybridized carbons (Fsp3) is 0.474. The highest BCUT2D eigenvalue weighted by Crippen LogP contribution is 2.24. The molecule has 2 aromatic rings. The summed E-state index contributed by atoms with van der Waals surface area (Å²) in [6.07, 6.45) is 2.37. The van der Waals surface area contributed by atoms with E-state index < -0.39 is 0 Å². The summed E-state index contributed by atoms with van der Waals surface area (Å²) < 4.78 is 0. The highest BCUT2D eigenvalue weighted by Gasteiger charge is 2.28. The van der Waals surface area contributed by atoms with E-state index in [0.717, 1.165) is 43.2 Å². The van der Waals surface area contributed by atoms with Crippen LogP contribution in [0.2, 0.25) is 0 Å². The minimum Gasteiger partial charge on any atom is -0.333 e. The van der Waals surface area contributed by atoms with Crippen LogP contribution in [0.1, 0.15) is 41.7 Å². The summed E-state index contributed by atoms with van der Waals surface area (Å²) in [4.78, 5) is 19.4. The monoisotopic (exact) mass is 343 g/mol. The van der Waals surface area contributed by atoms with Crippen LogP contribution in [-0.2, 0) is 24.1 Å². The SMILES string of the molecule is CCc1ccc(C2CNCCN2C(=O)Cc2csc(CC)n2)cc1. The average Bonchev–Trinajstić information content (AvgIpc) is 3.09. The van der Waals surface area contributed by atoms with Gasteiger partial charge in [0.25, 0.3) is 0 Å². The van der Waals surface area contributed by atoms with Gasteiger partial charge in [-0.25, -0.2) is 4.98 Å². The maximum Gasteiger partial charge on any atom is 0.229 e. The largest absolute Gasteiger partial charge is 0.333 e. The lowest BCUT2D eigenvalue weighted by Gasteiger charge is -2.36. The first kappa shape index (κ1) is 17.1. The van der Waals surface area contributed by atoms with Crippen LogP contribution in [0.25, 0.3) is 0 Å².